The Kier molecular flexibility index (Phi) is 4.57. The van der Waals surface area contributed by atoms with Gasteiger partial charge in [-0.1, -0.05) is 25.4 Å². The van der Waals surface area contributed by atoms with Crippen molar-refractivity contribution in [3.8, 4) is 11.8 Å². The van der Waals surface area contributed by atoms with Crippen LogP contribution in [-0.4, -0.2) is 29.0 Å². The molecule has 1 aromatic heterocycles. The number of aromatic nitrogens is 3. The standard InChI is InChI=1S/C14H16ClFN4O/c1-8(2)12-17-13(20(3)4)19-14(18-12)21-11-6-5-9(15)7-10(11)16/h5-8H,1-4H3. The van der Waals surface area contributed by atoms with Crippen LogP contribution in [0.3, 0.4) is 0 Å². The molecular formula is C14H16ClFN4O. The Morgan fingerprint density at radius 3 is 2.48 bits per heavy atom. The van der Waals surface area contributed by atoms with Crippen LogP contribution in [0.25, 0.3) is 0 Å². The zero-order valence-electron chi connectivity index (χ0n) is 12.3. The predicted octanol–water partition coefficient (Wildman–Crippen LogP) is 3.65. The topological polar surface area (TPSA) is 51.1 Å². The SMILES string of the molecule is CC(C)c1nc(Oc2ccc(Cl)cc2F)nc(N(C)C)n1. The molecule has 2 rings (SSSR count). The first-order valence-corrected chi connectivity index (χ1v) is 6.81. The van der Waals surface area contributed by atoms with Crippen molar-refractivity contribution in [3.05, 3.63) is 34.9 Å². The summed E-state index contributed by atoms with van der Waals surface area (Å²) in [5, 5.41) is 0.298. The van der Waals surface area contributed by atoms with E-state index in [1.54, 1.807) is 4.90 Å². The third kappa shape index (κ3) is 3.78. The molecule has 0 N–H and O–H groups in total. The van der Waals surface area contributed by atoms with Gasteiger partial charge in [0.15, 0.2) is 11.6 Å². The molecule has 0 unspecified atom stereocenters. The largest absolute Gasteiger partial charge is 0.421 e. The average molecular weight is 311 g/mol. The molecule has 0 spiro atoms. The lowest BCUT2D eigenvalue weighted by molar-refractivity contribution is 0.406. The second-order valence-electron chi connectivity index (χ2n) is 5.00. The van der Waals surface area contributed by atoms with E-state index in [9.17, 15) is 4.39 Å². The molecule has 0 fully saturated rings. The molecular weight excluding hydrogens is 295 g/mol. The minimum atomic E-state index is -0.569. The van der Waals surface area contributed by atoms with Crippen molar-refractivity contribution in [1.29, 1.82) is 0 Å². The molecule has 0 bridgehead atoms. The highest BCUT2D eigenvalue weighted by Crippen LogP contribution is 2.26. The van der Waals surface area contributed by atoms with Crippen molar-refractivity contribution >= 4 is 17.5 Å². The maximum atomic E-state index is 13.8. The quantitative estimate of drug-likeness (QED) is 0.863. The zero-order chi connectivity index (χ0) is 15.6. The number of hydrogen-bond donors (Lipinski definition) is 0. The summed E-state index contributed by atoms with van der Waals surface area (Å²) in [4.78, 5) is 14.4. The van der Waals surface area contributed by atoms with Crippen molar-refractivity contribution in [2.45, 2.75) is 19.8 Å². The van der Waals surface area contributed by atoms with Crippen LogP contribution in [0.15, 0.2) is 18.2 Å². The van der Waals surface area contributed by atoms with Crippen LogP contribution >= 0.6 is 11.6 Å². The second-order valence-corrected chi connectivity index (χ2v) is 5.44. The van der Waals surface area contributed by atoms with Gasteiger partial charge in [-0.05, 0) is 18.2 Å². The lowest BCUT2D eigenvalue weighted by Gasteiger charge is -2.14. The Morgan fingerprint density at radius 1 is 1.19 bits per heavy atom. The van der Waals surface area contributed by atoms with Crippen LogP contribution in [0.1, 0.15) is 25.6 Å². The van der Waals surface area contributed by atoms with E-state index in [-0.39, 0.29) is 17.7 Å². The lowest BCUT2D eigenvalue weighted by atomic mass is 10.2. The molecule has 112 valence electrons. The van der Waals surface area contributed by atoms with Gasteiger partial charge in [0.05, 0.1) is 0 Å². The Balaban J connectivity index is 2.38. The minimum Gasteiger partial charge on any atom is -0.421 e. The Bertz CT molecular complexity index is 623. The Labute approximate surface area is 127 Å². The summed E-state index contributed by atoms with van der Waals surface area (Å²) in [7, 11) is 3.62. The van der Waals surface area contributed by atoms with Crippen LogP contribution in [0.2, 0.25) is 5.02 Å². The minimum absolute atomic E-state index is 0.0185. The highest BCUT2D eigenvalue weighted by molar-refractivity contribution is 6.30. The molecule has 21 heavy (non-hydrogen) atoms. The highest BCUT2D eigenvalue weighted by Gasteiger charge is 2.14. The fourth-order valence-electron chi connectivity index (χ4n) is 1.52. The molecule has 5 nitrogen and oxygen atoms in total. The van der Waals surface area contributed by atoms with Crippen LogP contribution in [0.4, 0.5) is 10.3 Å². The normalized spacial score (nSPS) is 10.8. The van der Waals surface area contributed by atoms with Gasteiger partial charge in [0.25, 0.3) is 0 Å². The summed E-state index contributed by atoms with van der Waals surface area (Å²) < 4.78 is 19.2. The van der Waals surface area contributed by atoms with Crippen molar-refractivity contribution in [2.24, 2.45) is 0 Å². The molecule has 7 heteroatoms. The number of rotatable bonds is 4. The number of halogens is 2. The highest BCUT2D eigenvalue weighted by atomic mass is 35.5. The number of anilines is 1. The molecule has 0 aliphatic heterocycles. The zero-order valence-corrected chi connectivity index (χ0v) is 13.0. The maximum Gasteiger partial charge on any atom is 0.327 e. The summed E-state index contributed by atoms with van der Waals surface area (Å²) in [5.74, 6) is 0.589. The van der Waals surface area contributed by atoms with E-state index in [1.165, 1.54) is 18.2 Å². The fourth-order valence-corrected chi connectivity index (χ4v) is 1.68. The van der Waals surface area contributed by atoms with Gasteiger partial charge in [-0.2, -0.15) is 15.0 Å². The number of ether oxygens (including phenoxy) is 1. The molecule has 0 aliphatic rings. The van der Waals surface area contributed by atoms with Gasteiger partial charge in [-0.3, -0.25) is 0 Å². The summed E-state index contributed by atoms with van der Waals surface area (Å²) in [6.07, 6.45) is 0. The maximum absolute atomic E-state index is 13.8. The molecule has 0 saturated heterocycles. The summed E-state index contributed by atoms with van der Waals surface area (Å²) in [6.45, 7) is 3.92. The lowest BCUT2D eigenvalue weighted by Crippen LogP contribution is -2.15. The van der Waals surface area contributed by atoms with Crippen molar-refractivity contribution in [3.63, 3.8) is 0 Å². The number of hydrogen-bond acceptors (Lipinski definition) is 5. The molecule has 0 aliphatic carbocycles. The van der Waals surface area contributed by atoms with Crippen LogP contribution in [0, 0.1) is 5.82 Å². The number of benzene rings is 1. The van der Waals surface area contributed by atoms with E-state index < -0.39 is 5.82 Å². The Morgan fingerprint density at radius 2 is 1.90 bits per heavy atom. The van der Waals surface area contributed by atoms with Gasteiger partial charge in [-0.25, -0.2) is 4.39 Å². The van der Waals surface area contributed by atoms with Gasteiger partial charge in [-0.15, -0.1) is 0 Å². The molecule has 0 atom stereocenters. The summed E-state index contributed by atoms with van der Waals surface area (Å²) >= 11 is 5.71. The van der Waals surface area contributed by atoms with Gasteiger partial charge >= 0.3 is 6.01 Å². The van der Waals surface area contributed by atoms with E-state index in [0.717, 1.165) is 0 Å². The van der Waals surface area contributed by atoms with Gasteiger partial charge < -0.3 is 9.64 Å². The van der Waals surface area contributed by atoms with E-state index in [0.29, 0.717) is 16.8 Å². The van der Waals surface area contributed by atoms with Crippen LogP contribution in [0.5, 0.6) is 11.8 Å². The smallest absolute Gasteiger partial charge is 0.327 e. The first-order valence-electron chi connectivity index (χ1n) is 6.43. The molecule has 1 heterocycles. The van der Waals surface area contributed by atoms with Gasteiger partial charge in [0.2, 0.25) is 5.95 Å². The van der Waals surface area contributed by atoms with E-state index >= 15 is 0 Å². The predicted molar refractivity (Wildman–Crippen MR) is 79.7 cm³/mol. The third-order valence-corrected chi connectivity index (χ3v) is 2.87. The van der Waals surface area contributed by atoms with Crippen molar-refractivity contribution in [1.82, 2.24) is 15.0 Å². The molecule has 0 radical (unpaired) electrons. The molecule has 2 aromatic rings. The average Bonchev–Trinajstić information content (AvgIpc) is 2.41. The fraction of sp³-hybridized carbons (Fsp3) is 0.357. The van der Waals surface area contributed by atoms with E-state index in [1.807, 2.05) is 27.9 Å². The Hall–Kier alpha value is -1.95. The van der Waals surface area contributed by atoms with Crippen LogP contribution in [-0.2, 0) is 0 Å². The summed E-state index contributed by atoms with van der Waals surface area (Å²) in [5.41, 5.74) is 0. The number of nitrogens with zero attached hydrogens (tertiary/aromatic N) is 4. The second kappa shape index (κ2) is 6.22. The first kappa shape index (κ1) is 15.4. The van der Waals surface area contributed by atoms with E-state index in [2.05, 4.69) is 15.0 Å². The molecule has 1 aromatic carbocycles. The van der Waals surface area contributed by atoms with Crippen LogP contribution < -0.4 is 9.64 Å². The molecule has 0 amide bonds. The van der Waals surface area contributed by atoms with E-state index in [4.69, 9.17) is 16.3 Å². The monoisotopic (exact) mass is 310 g/mol. The first-order chi connectivity index (χ1) is 9.86. The third-order valence-electron chi connectivity index (χ3n) is 2.63. The summed E-state index contributed by atoms with van der Waals surface area (Å²) in [6, 6.07) is 4.20. The van der Waals surface area contributed by atoms with Crippen molar-refractivity contribution < 1.29 is 9.13 Å². The van der Waals surface area contributed by atoms with Crippen molar-refractivity contribution in [2.75, 3.05) is 19.0 Å². The van der Waals surface area contributed by atoms with Gasteiger partial charge in [0.1, 0.15) is 5.82 Å². The molecule has 0 saturated carbocycles. The van der Waals surface area contributed by atoms with Gasteiger partial charge in [0, 0.05) is 25.0 Å².